The molecule has 4 rings (SSSR count). The Balaban J connectivity index is 2.09. The molecule has 0 N–H and O–H groups in total. The van der Waals surface area contributed by atoms with Crippen molar-refractivity contribution in [2.45, 2.75) is 4.21 Å². The molecule has 10 nitrogen and oxygen atoms in total. The Morgan fingerprint density at radius 3 is 2.00 bits per heavy atom. The summed E-state index contributed by atoms with van der Waals surface area (Å²) in [6.07, 6.45) is 0. The lowest BCUT2D eigenvalue weighted by molar-refractivity contribution is 0.324. The van der Waals surface area contributed by atoms with Crippen LogP contribution in [0.5, 0.6) is 34.5 Å². The summed E-state index contributed by atoms with van der Waals surface area (Å²) < 4.78 is 64.3. The molecule has 0 aliphatic rings. The second-order valence-electron chi connectivity index (χ2n) is 7.18. The van der Waals surface area contributed by atoms with Crippen LogP contribution in [0.2, 0.25) is 0 Å². The van der Waals surface area contributed by atoms with Crippen molar-refractivity contribution in [3.8, 4) is 45.8 Å². The standard InChI is InChI=1S/C24H22O10S2/c1-28-14-11-15(29-2)20-16(12-14)33-22(13-9-17(30-3)23(32-5)18(10-13)31-4)24(21(20)25)34-36(26,27)19-7-6-8-35-19/h6-12H,1-5H3. The van der Waals surface area contributed by atoms with Crippen LogP contribution in [0.1, 0.15) is 0 Å². The predicted molar refractivity (Wildman–Crippen MR) is 133 cm³/mol. The van der Waals surface area contributed by atoms with Crippen LogP contribution in [0.4, 0.5) is 0 Å². The summed E-state index contributed by atoms with van der Waals surface area (Å²) in [5.41, 5.74) is -0.442. The van der Waals surface area contributed by atoms with E-state index in [2.05, 4.69) is 0 Å². The first kappa shape index (κ1) is 25.2. The van der Waals surface area contributed by atoms with Gasteiger partial charge in [-0.2, -0.15) is 8.42 Å². The number of hydrogen-bond acceptors (Lipinski definition) is 11. The third-order valence-corrected chi connectivity index (χ3v) is 7.79. The molecule has 0 spiro atoms. The van der Waals surface area contributed by atoms with E-state index in [0.29, 0.717) is 11.5 Å². The van der Waals surface area contributed by atoms with Gasteiger partial charge in [0.25, 0.3) is 0 Å². The highest BCUT2D eigenvalue weighted by atomic mass is 32.3. The minimum absolute atomic E-state index is 0.0223. The van der Waals surface area contributed by atoms with Crippen LogP contribution in [-0.2, 0) is 10.1 Å². The van der Waals surface area contributed by atoms with Gasteiger partial charge in [-0.05, 0) is 23.6 Å². The molecule has 0 amide bonds. The minimum atomic E-state index is -4.36. The quantitative estimate of drug-likeness (QED) is 0.287. The van der Waals surface area contributed by atoms with E-state index < -0.39 is 21.3 Å². The van der Waals surface area contributed by atoms with Crippen molar-refractivity contribution in [3.05, 3.63) is 52.0 Å². The van der Waals surface area contributed by atoms with E-state index in [1.54, 1.807) is 11.4 Å². The fraction of sp³-hybridized carbons (Fsp3) is 0.208. The van der Waals surface area contributed by atoms with Gasteiger partial charge in [-0.15, -0.1) is 11.3 Å². The van der Waals surface area contributed by atoms with Crippen LogP contribution in [0.25, 0.3) is 22.3 Å². The zero-order valence-electron chi connectivity index (χ0n) is 19.9. The van der Waals surface area contributed by atoms with Crippen molar-refractivity contribution in [1.82, 2.24) is 0 Å². The zero-order valence-corrected chi connectivity index (χ0v) is 21.6. The topological polar surface area (TPSA) is 120 Å². The van der Waals surface area contributed by atoms with E-state index >= 15 is 0 Å². The normalized spacial score (nSPS) is 11.2. The first-order chi connectivity index (χ1) is 17.3. The molecule has 0 fully saturated rings. The van der Waals surface area contributed by atoms with Gasteiger partial charge in [-0.25, -0.2) is 0 Å². The van der Waals surface area contributed by atoms with Gasteiger partial charge in [-0.1, -0.05) is 6.07 Å². The lowest BCUT2D eigenvalue weighted by Gasteiger charge is -2.16. The van der Waals surface area contributed by atoms with E-state index in [4.69, 9.17) is 32.3 Å². The molecule has 0 unspecified atom stereocenters. The number of benzene rings is 2. The molecule has 190 valence electrons. The summed E-state index contributed by atoms with van der Waals surface area (Å²) in [6, 6.07) is 8.90. The van der Waals surface area contributed by atoms with Crippen LogP contribution in [-0.4, -0.2) is 44.0 Å². The predicted octanol–water partition coefficient (Wildman–Crippen LogP) is 4.33. The Bertz CT molecular complexity index is 1550. The molecular weight excluding hydrogens is 512 g/mol. The SMILES string of the molecule is COc1cc(OC)c2c(=O)c(OS(=O)(=O)c3cccs3)c(-c3cc(OC)c(OC)c(OC)c3)oc2c1. The molecule has 36 heavy (non-hydrogen) atoms. The van der Waals surface area contributed by atoms with E-state index in [1.807, 2.05) is 0 Å². The molecule has 12 heteroatoms. The van der Waals surface area contributed by atoms with Gasteiger partial charge in [0.1, 0.15) is 22.5 Å². The van der Waals surface area contributed by atoms with Crippen molar-refractivity contribution in [1.29, 1.82) is 0 Å². The van der Waals surface area contributed by atoms with Crippen LogP contribution >= 0.6 is 11.3 Å². The molecule has 4 aromatic rings. The van der Waals surface area contributed by atoms with Gasteiger partial charge in [0.2, 0.25) is 16.9 Å². The average molecular weight is 535 g/mol. The highest BCUT2D eigenvalue weighted by molar-refractivity contribution is 7.89. The van der Waals surface area contributed by atoms with Crippen molar-refractivity contribution >= 4 is 32.4 Å². The van der Waals surface area contributed by atoms with Crippen LogP contribution in [0.15, 0.2) is 55.2 Å². The molecule has 0 atom stereocenters. The van der Waals surface area contributed by atoms with Gasteiger partial charge in [0.05, 0.1) is 35.5 Å². The number of rotatable bonds is 9. The smallest absolute Gasteiger partial charge is 0.349 e. The highest BCUT2D eigenvalue weighted by Crippen LogP contribution is 2.44. The molecule has 2 heterocycles. The average Bonchev–Trinajstić information content (AvgIpc) is 3.44. The highest BCUT2D eigenvalue weighted by Gasteiger charge is 2.28. The van der Waals surface area contributed by atoms with E-state index in [-0.39, 0.29) is 43.8 Å². The molecule has 0 saturated carbocycles. The fourth-order valence-electron chi connectivity index (χ4n) is 3.56. The third kappa shape index (κ3) is 4.40. The number of methoxy groups -OCH3 is 5. The lowest BCUT2D eigenvalue weighted by atomic mass is 10.1. The summed E-state index contributed by atoms with van der Waals surface area (Å²) in [7, 11) is 2.74. The van der Waals surface area contributed by atoms with Crippen LogP contribution in [0.3, 0.4) is 0 Å². The van der Waals surface area contributed by atoms with Crippen molar-refractivity contribution in [2.75, 3.05) is 35.5 Å². The van der Waals surface area contributed by atoms with Gasteiger partial charge in [0.15, 0.2) is 21.5 Å². The molecule has 0 radical (unpaired) electrons. The Morgan fingerprint density at radius 2 is 1.47 bits per heavy atom. The molecular formula is C24H22O10S2. The maximum atomic E-state index is 13.7. The summed E-state index contributed by atoms with van der Waals surface area (Å²) in [4.78, 5) is 13.7. The maximum Gasteiger partial charge on any atom is 0.349 e. The second-order valence-corrected chi connectivity index (χ2v) is 9.90. The van der Waals surface area contributed by atoms with E-state index in [0.717, 1.165) is 11.3 Å². The number of ether oxygens (including phenoxy) is 5. The van der Waals surface area contributed by atoms with Crippen LogP contribution < -0.4 is 33.3 Å². The van der Waals surface area contributed by atoms with Gasteiger partial charge in [-0.3, -0.25) is 4.79 Å². The second kappa shape index (κ2) is 9.99. The zero-order chi connectivity index (χ0) is 26.0. The molecule has 2 aromatic carbocycles. The van der Waals surface area contributed by atoms with Crippen molar-refractivity contribution in [3.63, 3.8) is 0 Å². The van der Waals surface area contributed by atoms with Crippen LogP contribution in [0, 0.1) is 0 Å². The first-order valence-corrected chi connectivity index (χ1v) is 12.6. The largest absolute Gasteiger partial charge is 0.496 e. The Morgan fingerprint density at radius 1 is 0.806 bits per heavy atom. The van der Waals surface area contributed by atoms with Gasteiger partial charge >= 0.3 is 10.1 Å². The summed E-state index contributed by atoms with van der Waals surface area (Å²) in [5.74, 6) is 0.542. The van der Waals surface area contributed by atoms with Crippen molar-refractivity contribution in [2.24, 2.45) is 0 Å². The number of hydrogen-bond donors (Lipinski definition) is 0. The van der Waals surface area contributed by atoms with Gasteiger partial charge in [0, 0.05) is 17.7 Å². The number of fused-ring (bicyclic) bond motifs is 1. The third-order valence-electron chi connectivity index (χ3n) is 5.21. The van der Waals surface area contributed by atoms with Gasteiger partial charge < -0.3 is 32.3 Å². The van der Waals surface area contributed by atoms with E-state index in [9.17, 15) is 13.2 Å². The molecule has 2 aromatic heterocycles. The summed E-state index contributed by atoms with van der Waals surface area (Å²) in [6.45, 7) is 0. The Labute approximate surface area is 210 Å². The molecule has 0 bridgehead atoms. The Kier molecular flexibility index (Phi) is 7.00. The van der Waals surface area contributed by atoms with E-state index in [1.165, 1.54) is 65.9 Å². The van der Waals surface area contributed by atoms with Crippen molar-refractivity contribution < 1.29 is 40.7 Å². The summed E-state index contributed by atoms with van der Waals surface area (Å²) in [5, 5.41) is 1.56. The Hall–Kier alpha value is -3.90. The fourth-order valence-corrected chi connectivity index (χ4v) is 5.44. The molecule has 0 aliphatic heterocycles. The first-order valence-electron chi connectivity index (χ1n) is 10.3. The monoisotopic (exact) mass is 534 g/mol. The number of thiophene rings is 1. The summed E-state index contributed by atoms with van der Waals surface area (Å²) >= 11 is 0.947. The molecule has 0 aliphatic carbocycles. The lowest BCUT2D eigenvalue weighted by Crippen LogP contribution is -2.16. The maximum absolute atomic E-state index is 13.7. The minimum Gasteiger partial charge on any atom is -0.496 e. The molecule has 0 saturated heterocycles.